The zero-order valence-corrected chi connectivity index (χ0v) is 11.2. The molecule has 2 N–H and O–H groups in total. The van der Waals surface area contributed by atoms with Gasteiger partial charge in [-0.25, -0.2) is 9.37 Å². The first-order chi connectivity index (χ1) is 8.99. The van der Waals surface area contributed by atoms with Crippen molar-refractivity contribution in [2.45, 2.75) is 18.8 Å². The first kappa shape index (κ1) is 13.6. The van der Waals surface area contributed by atoms with Gasteiger partial charge in [-0.2, -0.15) is 0 Å². The lowest BCUT2D eigenvalue weighted by Crippen LogP contribution is -2.25. The maximum Gasteiger partial charge on any atom is 0.240 e. The lowest BCUT2D eigenvalue weighted by atomic mass is 10.2. The number of nitrogens with two attached hydrogens (primary N) is 1. The number of carbonyl (C=O) groups excluding carboxylic acids is 1. The van der Waals surface area contributed by atoms with E-state index in [4.69, 9.17) is 22.1 Å². The van der Waals surface area contributed by atoms with Gasteiger partial charge in [0.2, 0.25) is 5.91 Å². The molecule has 0 saturated carbocycles. The number of carbonyl (C=O) groups is 1. The highest BCUT2D eigenvalue weighted by Gasteiger charge is 2.20. The second kappa shape index (κ2) is 5.05. The average molecular weight is 286 g/mol. The predicted molar refractivity (Wildman–Crippen MR) is 69.7 cm³/mol. The van der Waals surface area contributed by atoms with Crippen molar-refractivity contribution in [1.82, 2.24) is 9.55 Å². The normalized spacial score (nSPS) is 12.6. The van der Waals surface area contributed by atoms with Crippen LogP contribution in [0.25, 0.3) is 11.0 Å². The lowest BCUT2D eigenvalue weighted by molar-refractivity contribution is -0.120. The van der Waals surface area contributed by atoms with Crippen LogP contribution in [0.15, 0.2) is 12.1 Å². The van der Waals surface area contributed by atoms with Gasteiger partial charge in [0.25, 0.3) is 0 Å². The molecular weight excluding hydrogens is 273 g/mol. The van der Waals surface area contributed by atoms with Crippen LogP contribution in [0.1, 0.15) is 18.8 Å². The number of primary amides is 1. The first-order valence-electron chi connectivity index (χ1n) is 5.59. The third kappa shape index (κ3) is 2.23. The minimum Gasteiger partial charge on any atom is -0.494 e. The van der Waals surface area contributed by atoms with E-state index in [1.54, 1.807) is 11.5 Å². The fourth-order valence-electron chi connectivity index (χ4n) is 1.96. The third-order valence-electron chi connectivity index (χ3n) is 2.95. The van der Waals surface area contributed by atoms with E-state index in [-0.39, 0.29) is 11.6 Å². The van der Waals surface area contributed by atoms with Crippen molar-refractivity contribution in [2.24, 2.45) is 5.73 Å². The predicted octanol–water partition coefficient (Wildman–Crippen LogP) is 1.97. The molecular formula is C12H13ClFN3O2. The molecule has 1 atom stereocenters. The maximum atomic E-state index is 13.6. The van der Waals surface area contributed by atoms with Crippen molar-refractivity contribution in [3.8, 4) is 5.75 Å². The van der Waals surface area contributed by atoms with Crippen LogP contribution in [0.2, 0.25) is 0 Å². The highest BCUT2D eigenvalue weighted by Crippen LogP contribution is 2.28. The minimum atomic E-state index is -0.631. The van der Waals surface area contributed by atoms with Crippen LogP contribution >= 0.6 is 11.6 Å². The summed E-state index contributed by atoms with van der Waals surface area (Å²) in [7, 11) is 1.37. The number of alkyl halides is 1. The Hall–Kier alpha value is -1.82. The van der Waals surface area contributed by atoms with Gasteiger partial charge >= 0.3 is 0 Å². The molecule has 0 spiro atoms. The molecule has 7 heteroatoms. The molecule has 19 heavy (non-hydrogen) atoms. The van der Waals surface area contributed by atoms with Crippen molar-refractivity contribution in [3.05, 3.63) is 23.8 Å². The van der Waals surface area contributed by atoms with E-state index in [2.05, 4.69) is 4.98 Å². The van der Waals surface area contributed by atoms with E-state index in [1.807, 2.05) is 0 Å². The van der Waals surface area contributed by atoms with E-state index >= 15 is 0 Å². The number of aromatic nitrogens is 2. The quantitative estimate of drug-likeness (QED) is 0.873. The number of methoxy groups -OCH3 is 1. The summed E-state index contributed by atoms with van der Waals surface area (Å²) in [4.78, 5) is 15.6. The smallest absolute Gasteiger partial charge is 0.240 e. The van der Waals surface area contributed by atoms with Crippen LogP contribution in [0, 0.1) is 5.82 Å². The number of fused-ring (bicyclic) bond motifs is 1. The molecule has 1 aromatic carbocycles. The van der Waals surface area contributed by atoms with Gasteiger partial charge in [0, 0.05) is 12.1 Å². The molecule has 1 heterocycles. The minimum absolute atomic E-state index is 0.0754. The van der Waals surface area contributed by atoms with Crippen molar-refractivity contribution in [2.75, 3.05) is 7.11 Å². The lowest BCUT2D eigenvalue weighted by Gasteiger charge is -2.13. The molecule has 1 amide bonds. The first-order valence-corrected chi connectivity index (χ1v) is 6.12. The van der Waals surface area contributed by atoms with Crippen molar-refractivity contribution >= 4 is 28.5 Å². The molecule has 2 rings (SSSR count). The number of benzene rings is 1. The van der Waals surface area contributed by atoms with Crippen LogP contribution in [0.5, 0.6) is 5.75 Å². The van der Waals surface area contributed by atoms with Gasteiger partial charge in [-0.1, -0.05) is 0 Å². The van der Waals surface area contributed by atoms with E-state index in [0.29, 0.717) is 16.9 Å². The zero-order valence-electron chi connectivity index (χ0n) is 10.5. The average Bonchev–Trinajstić information content (AvgIpc) is 2.73. The number of rotatable bonds is 4. The standard InChI is InChI=1S/C12H13ClFN3O2/c1-6(12(15)18)17-9-4-10(19-2)7(14)3-8(9)16-11(17)5-13/h3-4,6H,5H2,1-2H3,(H2,15,18). The number of halogens is 2. The van der Waals surface area contributed by atoms with Gasteiger partial charge in [-0.05, 0) is 6.92 Å². The molecule has 0 saturated heterocycles. The Labute approximate surface area is 114 Å². The van der Waals surface area contributed by atoms with E-state index in [9.17, 15) is 9.18 Å². The Bertz CT molecular complexity index is 641. The number of imidazole rings is 1. The summed E-state index contributed by atoms with van der Waals surface area (Å²) in [5, 5.41) is 0. The molecule has 0 bridgehead atoms. The summed E-state index contributed by atoms with van der Waals surface area (Å²) in [6, 6.07) is 2.09. The number of hydrogen-bond acceptors (Lipinski definition) is 3. The third-order valence-corrected chi connectivity index (χ3v) is 3.19. The summed E-state index contributed by atoms with van der Waals surface area (Å²) >= 11 is 5.81. The van der Waals surface area contributed by atoms with Crippen molar-refractivity contribution in [1.29, 1.82) is 0 Å². The summed E-state index contributed by atoms with van der Waals surface area (Å²) in [5.41, 5.74) is 6.27. The zero-order chi connectivity index (χ0) is 14.2. The van der Waals surface area contributed by atoms with Crippen LogP contribution in [-0.4, -0.2) is 22.6 Å². The van der Waals surface area contributed by atoms with Gasteiger partial charge in [-0.15, -0.1) is 11.6 Å². The molecule has 102 valence electrons. The Balaban J connectivity index is 2.75. The Kier molecular flexibility index (Phi) is 3.61. The largest absolute Gasteiger partial charge is 0.494 e. The Morgan fingerprint density at radius 1 is 1.63 bits per heavy atom. The van der Waals surface area contributed by atoms with Crippen molar-refractivity contribution < 1.29 is 13.9 Å². The van der Waals surface area contributed by atoms with Gasteiger partial charge in [0.05, 0.1) is 24.0 Å². The molecule has 1 unspecified atom stereocenters. The molecule has 1 aromatic heterocycles. The second-order valence-electron chi connectivity index (χ2n) is 4.09. The van der Waals surface area contributed by atoms with Crippen LogP contribution in [0.3, 0.4) is 0 Å². The monoisotopic (exact) mass is 285 g/mol. The van der Waals surface area contributed by atoms with Crippen LogP contribution < -0.4 is 10.5 Å². The summed E-state index contributed by atoms with van der Waals surface area (Å²) in [6.07, 6.45) is 0. The molecule has 0 aliphatic rings. The fraction of sp³-hybridized carbons (Fsp3) is 0.333. The van der Waals surface area contributed by atoms with Crippen molar-refractivity contribution in [3.63, 3.8) is 0 Å². The van der Waals surface area contributed by atoms with Crippen LogP contribution in [0.4, 0.5) is 4.39 Å². The summed E-state index contributed by atoms with van der Waals surface area (Å²) < 4.78 is 20.1. The molecule has 0 fully saturated rings. The number of hydrogen-bond donors (Lipinski definition) is 1. The molecule has 0 aliphatic heterocycles. The van der Waals surface area contributed by atoms with E-state index in [1.165, 1.54) is 19.2 Å². The molecule has 5 nitrogen and oxygen atoms in total. The van der Waals surface area contributed by atoms with E-state index < -0.39 is 17.8 Å². The second-order valence-corrected chi connectivity index (χ2v) is 4.35. The van der Waals surface area contributed by atoms with Gasteiger partial charge in [0.15, 0.2) is 11.6 Å². The maximum absolute atomic E-state index is 13.6. The molecule has 0 aliphatic carbocycles. The fourth-order valence-corrected chi connectivity index (χ4v) is 2.15. The van der Waals surface area contributed by atoms with Gasteiger partial charge in [0.1, 0.15) is 11.9 Å². The number of amides is 1. The molecule has 2 aromatic rings. The summed E-state index contributed by atoms with van der Waals surface area (Å²) in [6.45, 7) is 1.63. The van der Waals surface area contributed by atoms with Crippen LogP contribution in [-0.2, 0) is 10.7 Å². The number of nitrogens with zero attached hydrogens (tertiary/aromatic N) is 2. The van der Waals surface area contributed by atoms with Gasteiger partial charge in [-0.3, -0.25) is 4.79 Å². The van der Waals surface area contributed by atoms with Gasteiger partial charge < -0.3 is 15.0 Å². The Morgan fingerprint density at radius 2 is 2.32 bits per heavy atom. The molecule has 0 radical (unpaired) electrons. The topological polar surface area (TPSA) is 70.1 Å². The SMILES string of the molecule is COc1cc2c(cc1F)nc(CCl)n2C(C)C(N)=O. The van der Waals surface area contributed by atoms with E-state index in [0.717, 1.165) is 0 Å². The Morgan fingerprint density at radius 3 is 2.84 bits per heavy atom. The highest BCUT2D eigenvalue weighted by molar-refractivity contribution is 6.17. The highest BCUT2D eigenvalue weighted by atomic mass is 35.5. The summed E-state index contributed by atoms with van der Waals surface area (Å²) in [5.74, 6) is -0.417. The number of ether oxygens (including phenoxy) is 1.